The summed E-state index contributed by atoms with van der Waals surface area (Å²) in [7, 11) is 0. The topological polar surface area (TPSA) is 37.3 Å². The Morgan fingerprint density at radius 3 is 2.31 bits per heavy atom. The number of phenolic OH excluding ortho intramolecular Hbond substituents is 1. The van der Waals surface area contributed by atoms with Crippen molar-refractivity contribution in [1.29, 1.82) is 0 Å². The third-order valence-electron chi connectivity index (χ3n) is 2.75. The number of aryl methyl sites for hydroxylation is 1. The lowest BCUT2D eigenvalue weighted by Crippen LogP contribution is -2.13. The Hall–Kier alpha value is -1.31. The largest absolute Gasteiger partial charge is 0.507 e. The fourth-order valence-corrected chi connectivity index (χ4v) is 1.81. The molecule has 0 heterocycles. The minimum absolute atomic E-state index is 0.0736. The quantitative estimate of drug-likeness (QED) is 0.831. The van der Waals surface area contributed by atoms with E-state index in [1.54, 1.807) is 6.92 Å². The summed E-state index contributed by atoms with van der Waals surface area (Å²) in [6.07, 6.45) is 0.307. The maximum Gasteiger partial charge on any atom is 0.134 e. The summed E-state index contributed by atoms with van der Waals surface area (Å²) >= 11 is 0. The van der Waals surface area contributed by atoms with Gasteiger partial charge in [-0.05, 0) is 30.4 Å². The van der Waals surface area contributed by atoms with Crippen molar-refractivity contribution in [3.8, 4) is 5.75 Å². The molecule has 1 aromatic carbocycles. The average Bonchev–Trinajstić information content (AvgIpc) is 2.09. The first-order valence-corrected chi connectivity index (χ1v) is 5.55. The van der Waals surface area contributed by atoms with Crippen LogP contribution in [0.15, 0.2) is 12.1 Å². The maximum atomic E-state index is 11.2. The van der Waals surface area contributed by atoms with Gasteiger partial charge in [-0.15, -0.1) is 0 Å². The molecule has 0 unspecified atom stereocenters. The van der Waals surface area contributed by atoms with Crippen LogP contribution in [0.5, 0.6) is 5.75 Å². The van der Waals surface area contributed by atoms with Crippen LogP contribution in [0.4, 0.5) is 0 Å². The van der Waals surface area contributed by atoms with Crippen molar-refractivity contribution in [3.63, 3.8) is 0 Å². The zero-order valence-corrected chi connectivity index (χ0v) is 10.7. The molecular weight excluding hydrogens is 200 g/mol. The molecule has 0 atom stereocenters. The normalized spacial score (nSPS) is 11.6. The summed E-state index contributed by atoms with van der Waals surface area (Å²) in [5, 5.41) is 10.2. The van der Waals surface area contributed by atoms with Gasteiger partial charge in [0.15, 0.2) is 0 Å². The molecule has 0 bridgehead atoms. The number of carbonyl (C=O) groups excluding carboxylic acids is 1. The molecule has 0 saturated heterocycles. The maximum absolute atomic E-state index is 11.2. The summed E-state index contributed by atoms with van der Waals surface area (Å²) in [5.41, 5.74) is 2.53. The molecular formula is C14H20O2. The van der Waals surface area contributed by atoms with E-state index in [1.165, 1.54) is 0 Å². The van der Waals surface area contributed by atoms with Crippen molar-refractivity contribution in [3.05, 3.63) is 28.8 Å². The Bertz CT molecular complexity index is 411. The van der Waals surface area contributed by atoms with Gasteiger partial charge in [0.1, 0.15) is 11.5 Å². The van der Waals surface area contributed by atoms with Crippen LogP contribution in [0.3, 0.4) is 0 Å². The first-order chi connectivity index (χ1) is 7.23. The lowest BCUT2D eigenvalue weighted by atomic mass is 9.83. The Balaban J connectivity index is 3.33. The molecule has 1 N–H and O–H groups in total. The van der Waals surface area contributed by atoms with Crippen LogP contribution in [-0.4, -0.2) is 10.9 Å². The monoisotopic (exact) mass is 220 g/mol. The molecule has 0 saturated carbocycles. The SMILES string of the molecule is CC(=O)Cc1c(C)ccc(C(C)(C)C)c1O. The minimum Gasteiger partial charge on any atom is -0.507 e. The van der Waals surface area contributed by atoms with Crippen LogP contribution in [0.1, 0.15) is 44.4 Å². The van der Waals surface area contributed by atoms with Crippen molar-refractivity contribution < 1.29 is 9.90 Å². The molecule has 0 aliphatic heterocycles. The number of carbonyl (C=O) groups is 1. The predicted molar refractivity (Wildman–Crippen MR) is 65.9 cm³/mol. The molecule has 0 fully saturated rings. The van der Waals surface area contributed by atoms with Gasteiger partial charge in [-0.25, -0.2) is 0 Å². The Kier molecular flexibility index (Phi) is 3.41. The van der Waals surface area contributed by atoms with Gasteiger partial charge in [0.2, 0.25) is 0 Å². The standard InChI is InChI=1S/C14H20O2/c1-9-6-7-12(14(3,4)5)13(16)11(9)8-10(2)15/h6-7,16H,8H2,1-5H3. The summed E-state index contributed by atoms with van der Waals surface area (Å²) < 4.78 is 0. The molecule has 1 aromatic rings. The summed E-state index contributed by atoms with van der Waals surface area (Å²) in [5.74, 6) is 0.354. The number of benzene rings is 1. The van der Waals surface area contributed by atoms with Gasteiger partial charge >= 0.3 is 0 Å². The molecule has 0 amide bonds. The van der Waals surface area contributed by atoms with E-state index in [-0.39, 0.29) is 16.9 Å². The van der Waals surface area contributed by atoms with Gasteiger partial charge in [0.25, 0.3) is 0 Å². The highest BCUT2D eigenvalue weighted by atomic mass is 16.3. The number of hydrogen-bond acceptors (Lipinski definition) is 2. The minimum atomic E-state index is -0.108. The molecule has 0 spiro atoms. The fraction of sp³-hybridized carbons (Fsp3) is 0.500. The van der Waals surface area contributed by atoms with E-state index in [1.807, 2.05) is 19.1 Å². The third kappa shape index (κ3) is 2.63. The molecule has 2 nitrogen and oxygen atoms in total. The molecule has 1 rings (SSSR count). The van der Waals surface area contributed by atoms with Crippen molar-refractivity contribution in [2.24, 2.45) is 0 Å². The zero-order chi connectivity index (χ0) is 12.5. The van der Waals surface area contributed by atoms with E-state index in [9.17, 15) is 9.90 Å². The summed E-state index contributed by atoms with van der Waals surface area (Å²) in [6, 6.07) is 3.91. The highest BCUT2D eigenvalue weighted by Crippen LogP contribution is 2.34. The fourth-order valence-electron chi connectivity index (χ4n) is 1.81. The van der Waals surface area contributed by atoms with Gasteiger partial charge in [-0.2, -0.15) is 0 Å². The first-order valence-electron chi connectivity index (χ1n) is 5.55. The molecule has 0 radical (unpaired) electrons. The Morgan fingerprint density at radius 1 is 1.31 bits per heavy atom. The van der Waals surface area contributed by atoms with Gasteiger partial charge in [-0.3, -0.25) is 4.79 Å². The second kappa shape index (κ2) is 4.28. The van der Waals surface area contributed by atoms with E-state index in [2.05, 4.69) is 20.8 Å². The van der Waals surface area contributed by atoms with E-state index in [4.69, 9.17) is 0 Å². The summed E-state index contributed by atoms with van der Waals surface area (Å²) in [6.45, 7) is 9.62. The lowest BCUT2D eigenvalue weighted by molar-refractivity contribution is -0.116. The van der Waals surface area contributed by atoms with E-state index < -0.39 is 0 Å². The second-order valence-electron chi connectivity index (χ2n) is 5.39. The third-order valence-corrected chi connectivity index (χ3v) is 2.75. The Labute approximate surface area is 97.3 Å². The number of hydrogen-bond donors (Lipinski definition) is 1. The van der Waals surface area contributed by atoms with Gasteiger partial charge in [0.05, 0.1) is 0 Å². The molecule has 88 valence electrons. The summed E-state index contributed by atoms with van der Waals surface area (Å²) in [4.78, 5) is 11.2. The molecule has 0 aliphatic carbocycles. The van der Waals surface area contributed by atoms with E-state index in [0.29, 0.717) is 6.42 Å². The lowest BCUT2D eigenvalue weighted by Gasteiger charge is -2.22. The highest BCUT2D eigenvalue weighted by Gasteiger charge is 2.21. The smallest absolute Gasteiger partial charge is 0.134 e. The molecule has 2 heteroatoms. The van der Waals surface area contributed by atoms with Crippen LogP contribution in [0.25, 0.3) is 0 Å². The Morgan fingerprint density at radius 2 is 1.88 bits per heavy atom. The van der Waals surface area contributed by atoms with Crippen LogP contribution < -0.4 is 0 Å². The van der Waals surface area contributed by atoms with Gasteiger partial charge in [-0.1, -0.05) is 32.9 Å². The zero-order valence-electron chi connectivity index (χ0n) is 10.7. The molecule has 16 heavy (non-hydrogen) atoms. The van der Waals surface area contributed by atoms with Crippen molar-refractivity contribution in [2.45, 2.75) is 46.5 Å². The van der Waals surface area contributed by atoms with Crippen LogP contribution in [-0.2, 0) is 16.6 Å². The van der Waals surface area contributed by atoms with E-state index >= 15 is 0 Å². The molecule has 0 aliphatic rings. The number of Topliss-reactive ketones (excluding diaryl/α,β-unsaturated/α-hetero) is 1. The van der Waals surface area contributed by atoms with Crippen molar-refractivity contribution in [1.82, 2.24) is 0 Å². The number of ketones is 1. The number of phenols is 1. The van der Waals surface area contributed by atoms with E-state index in [0.717, 1.165) is 16.7 Å². The second-order valence-corrected chi connectivity index (χ2v) is 5.39. The van der Waals surface area contributed by atoms with Gasteiger partial charge < -0.3 is 5.11 Å². The van der Waals surface area contributed by atoms with Crippen LogP contribution in [0.2, 0.25) is 0 Å². The predicted octanol–water partition coefficient (Wildman–Crippen LogP) is 3.13. The van der Waals surface area contributed by atoms with Crippen LogP contribution in [0, 0.1) is 6.92 Å². The number of aromatic hydroxyl groups is 1. The number of rotatable bonds is 2. The van der Waals surface area contributed by atoms with Crippen molar-refractivity contribution in [2.75, 3.05) is 0 Å². The first kappa shape index (κ1) is 12.8. The van der Waals surface area contributed by atoms with Crippen LogP contribution >= 0.6 is 0 Å². The molecule has 0 aromatic heterocycles. The average molecular weight is 220 g/mol. The van der Waals surface area contributed by atoms with Crippen molar-refractivity contribution >= 4 is 5.78 Å². The van der Waals surface area contributed by atoms with Gasteiger partial charge in [0, 0.05) is 12.0 Å². The highest BCUT2D eigenvalue weighted by molar-refractivity contribution is 5.79.